The summed E-state index contributed by atoms with van der Waals surface area (Å²) in [7, 11) is 0. The van der Waals surface area contributed by atoms with E-state index in [2.05, 4.69) is 12.1 Å². The summed E-state index contributed by atoms with van der Waals surface area (Å²) in [6, 6.07) is 24.5. The van der Waals surface area contributed by atoms with Crippen LogP contribution in [0.1, 0.15) is 11.1 Å². The van der Waals surface area contributed by atoms with Crippen LogP contribution in [0.5, 0.6) is 5.75 Å². The van der Waals surface area contributed by atoms with Gasteiger partial charge in [0.25, 0.3) is 0 Å². The molecular weight excluding hydrogens is 315 g/mol. The van der Waals surface area contributed by atoms with E-state index in [0.29, 0.717) is 5.75 Å². The fourth-order valence-electron chi connectivity index (χ4n) is 1.92. The van der Waals surface area contributed by atoms with Crippen molar-refractivity contribution in [3.63, 3.8) is 0 Å². The summed E-state index contributed by atoms with van der Waals surface area (Å²) in [5.74, 6) is 0.322. The van der Waals surface area contributed by atoms with E-state index in [9.17, 15) is 0 Å². The zero-order chi connectivity index (χ0) is 15.8. The van der Waals surface area contributed by atoms with Gasteiger partial charge >= 0.3 is 0 Å². The molecule has 0 unspecified atom stereocenters. The molecule has 0 atom stereocenters. The van der Waals surface area contributed by atoms with Crippen LogP contribution in [0.2, 0.25) is 10.0 Å². The van der Waals surface area contributed by atoms with Crippen LogP contribution >= 0.6 is 23.2 Å². The number of hydrogen-bond acceptors (Lipinski definition) is 1. The summed E-state index contributed by atoms with van der Waals surface area (Å²) in [6.45, 7) is 0. The van der Waals surface area contributed by atoms with Crippen LogP contribution in [0.4, 0.5) is 0 Å². The first-order valence-electron chi connectivity index (χ1n) is 6.87. The summed E-state index contributed by atoms with van der Waals surface area (Å²) in [6.07, 6.45) is 0.820. The minimum atomic E-state index is 0.322. The summed E-state index contributed by atoms with van der Waals surface area (Å²) < 4.78 is 0. The number of para-hydroxylation sites is 1. The average molecular weight is 331 g/mol. The number of phenolic OH excluding ortho intramolecular Hbond substituents is 1. The summed E-state index contributed by atoms with van der Waals surface area (Å²) in [5, 5.41) is 10.1. The number of hydrogen-bond donors (Lipinski definition) is 1. The molecule has 1 N–H and O–H groups in total. The Morgan fingerprint density at radius 2 is 1.32 bits per heavy atom. The summed E-state index contributed by atoms with van der Waals surface area (Å²) in [4.78, 5) is 0. The molecular formula is C19H16Cl2O. The van der Waals surface area contributed by atoms with Gasteiger partial charge in [-0.15, -0.1) is 0 Å². The first-order chi connectivity index (χ1) is 10.6. The van der Waals surface area contributed by atoms with Crippen molar-refractivity contribution in [2.45, 2.75) is 6.42 Å². The molecule has 0 radical (unpaired) electrons. The Bertz CT molecular complexity index is 697. The molecule has 0 aliphatic carbocycles. The van der Waals surface area contributed by atoms with E-state index >= 15 is 0 Å². The van der Waals surface area contributed by atoms with Crippen LogP contribution in [0.3, 0.4) is 0 Å². The van der Waals surface area contributed by atoms with Crippen LogP contribution in [-0.4, -0.2) is 5.11 Å². The molecule has 3 aromatic carbocycles. The number of halogens is 2. The molecule has 0 heterocycles. The van der Waals surface area contributed by atoms with Gasteiger partial charge in [-0.2, -0.15) is 0 Å². The highest BCUT2D eigenvalue weighted by molar-refractivity contribution is 6.33. The highest BCUT2D eigenvalue weighted by Gasteiger charge is 2.02. The molecule has 0 spiro atoms. The van der Waals surface area contributed by atoms with Crippen LogP contribution in [0.15, 0.2) is 78.9 Å². The third kappa shape index (κ3) is 5.44. The van der Waals surface area contributed by atoms with Crippen LogP contribution < -0.4 is 0 Å². The van der Waals surface area contributed by atoms with Crippen molar-refractivity contribution in [1.29, 1.82) is 0 Å². The Kier molecular flexibility index (Phi) is 6.32. The molecule has 22 heavy (non-hydrogen) atoms. The van der Waals surface area contributed by atoms with Crippen LogP contribution in [0, 0.1) is 0 Å². The molecule has 3 heteroatoms. The largest absolute Gasteiger partial charge is 0.508 e. The molecule has 3 rings (SSSR count). The lowest BCUT2D eigenvalue weighted by Crippen LogP contribution is -1.88. The molecule has 0 aliphatic rings. The van der Waals surface area contributed by atoms with Gasteiger partial charge in [-0.3, -0.25) is 0 Å². The van der Waals surface area contributed by atoms with Gasteiger partial charge in [0.2, 0.25) is 0 Å². The smallest absolute Gasteiger partial charge is 0.115 e. The van der Waals surface area contributed by atoms with E-state index in [0.717, 1.165) is 22.0 Å². The highest BCUT2D eigenvalue weighted by atomic mass is 35.5. The second-order valence-corrected chi connectivity index (χ2v) is 5.58. The third-order valence-corrected chi connectivity index (χ3v) is 3.61. The van der Waals surface area contributed by atoms with E-state index < -0.39 is 0 Å². The first kappa shape index (κ1) is 16.4. The predicted molar refractivity (Wildman–Crippen MR) is 93.8 cm³/mol. The monoisotopic (exact) mass is 330 g/mol. The molecule has 0 saturated carbocycles. The molecule has 3 aromatic rings. The highest BCUT2D eigenvalue weighted by Crippen LogP contribution is 2.23. The minimum absolute atomic E-state index is 0.322. The standard InChI is InChI=1S/C13H10Cl2.C6H6O/c14-12-6-7-13(15)11(9-12)8-10-4-2-1-3-5-10;7-6-4-2-1-3-5-6/h1-7,9H,8H2;1-5,7H. The van der Waals surface area contributed by atoms with Crippen LogP contribution in [0.25, 0.3) is 0 Å². The van der Waals surface area contributed by atoms with Crippen molar-refractivity contribution in [1.82, 2.24) is 0 Å². The Labute approximate surface area is 140 Å². The summed E-state index contributed by atoms with van der Waals surface area (Å²) >= 11 is 12.0. The Hall–Kier alpha value is -1.96. The molecule has 0 bridgehead atoms. The van der Waals surface area contributed by atoms with Gasteiger partial charge in [0.1, 0.15) is 5.75 Å². The predicted octanol–water partition coefficient (Wildman–Crippen LogP) is 5.98. The van der Waals surface area contributed by atoms with Gasteiger partial charge in [-0.25, -0.2) is 0 Å². The van der Waals surface area contributed by atoms with Crippen LogP contribution in [-0.2, 0) is 6.42 Å². The number of aromatic hydroxyl groups is 1. The van der Waals surface area contributed by atoms with Gasteiger partial charge in [-0.05, 0) is 47.9 Å². The topological polar surface area (TPSA) is 20.2 Å². The SMILES string of the molecule is Clc1ccc(Cl)c(Cc2ccccc2)c1.Oc1ccccc1. The second kappa shape index (κ2) is 8.47. The quantitative estimate of drug-likeness (QED) is 0.613. The minimum Gasteiger partial charge on any atom is -0.508 e. The van der Waals surface area contributed by atoms with Crippen molar-refractivity contribution < 1.29 is 5.11 Å². The van der Waals surface area contributed by atoms with Gasteiger partial charge in [0.05, 0.1) is 0 Å². The van der Waals surface area contributed by atoms with Crippen molar-refractivity contribution in [2.24, 2.45) is 0 Å². The number of phenols is 1. The van der Waals surface area contributed by atoms with Gasteiger partial charge in [0, 0.05) is 10.0 Å². The maximum absolute atomic E-state index is 8.63. The van der Waals surface area contributed by atoms with E-state index in [4.69, 9.17) is 28.3 Å². The summed E-state index contributed by atoms with van der Waals surface area (Å²) in [5.41, 5.74) is 2.30. The lowest BCUT2D eigenvalue weighted by Gasteiger charge is -2.04. The maximum atomic E-state index is 8.63. The molecule has 112 valence electrons. The number of benzene rings is 3. The molecule has 1 nitrogen and oxygen atoms in total. The Morgan fingerprint density at radius 1 is 0.727 bits per heavy atom. The van der Waals surface area contributed by atoms with Crippen molar-refractivity contribution >= 4 is 23.2 Å². The fraction of sp³-hybridized carbons (Fsp3) is 0.0526. The average Bonchev–Trinajstić information content (AvgIpc) is 2.53. The van der Waals surface area contributed by atoms with Crippen molar-refractivity contribution in [3.05, 3.63) is 100 Å². The van der Waals surface area contributed by atoms with Gasteiger partial charge < -0.3 is 5.11 Å². The van der Waals surface area contributed by atoms with Gasteiger partial charge in [-0.1, -0.05) is 71.7 Å². The molecule has 0 aliphatic heterocycles. The van der Waals surface area contributed by atoms with Crippen molar-refractivity contribution in [2.75, 3.05) is 0 Å². The second-order valence-electron chi connectivity index (χ2n) is 4.73. The van der Waals surface area contributed by atoms with E-state index in [-0.39, 0.29) is 0 Å². The van der Waals surface area contributed by atoms with E-state index in [1.807, 2.05) is 36.4 Å². The van der Waals surface area contributed by atoms with Gasteiger partial charge in [0.15, 0.2) is 0 Å². The molecule has 0 amide bonds. The van der Waals surface area contributed by atoms with E-state index in [1.165, 1.54) is 5.56 Å². The Morgan fingerprint density at radius 3 is 1.86 bits per heavy atom. The first-order valence-corrected chi connectivity index (χ1v) is 7.62. The maximum Gasteiger partial charge on any atom is 0.115 e. The fourth-order valence-corrected chi connectivity index (χ4v) is 2.30. The zero-order valence-electron chi connectivity index (χ0n) is 11.9. The molecule has 0 saturated heterocycles. The van der Waals surface area contributed by atoms with Crippen molar-refractivity contribution in [3.8, 4) is 5.75 Å². The lowest BCUT2D eigenvalue weighted by molar-refractivity contribution is 0.475. The zero-order valence-corrected chi connectivity index (χ0v) is 13.4. The molecule has 0 fully saturated rings. The third-order valence-electron chi connectivity index (χ3n) is 3.00. The van der Waals surface area contributed by atoms with E-state index in [1.54, 1.807) is 30.3 Å². The lowest BCUT2D eigenvalue weighted by atomic mass is 10.1. The number of rotatable bonds is 2. The molecule has 0 aromatic heterocycles. The normalized spacial score (nSPS) is 9.73. The Balaban J connectivity index is 0.000000211.